The number of hydrogen-bond acceptors (Lipinski definition) is 4. The van der Waals surface area contributed by atoms with E-state index in [9.17, 15) is 0 Å². The van der Waals surface area contributed by atoms with Crippen LogP contribution in [0.25, 0.3) is 11.0 Å². The fourth-order valence-electron chi connectivity index (χ4n) is 5.20. The molecule has 0 amide bonds. The molecule has 1 N–H and O–H groups in total. The first-order valence-electron chi connectivity index (χ1n) is 14.4. The minimum Gasteiger partial charge on any atom is -0.488 e. The van der Waals surface area contributed by atoms with Crippen LogP contribution in [-0.4, -0.2) is 28.7 Å². The topological polar surface area (TPSA) is 48.3 Å². The average Bonchev–Trinajstić information content (AvgIpc) is 3.58. The Morgan fingerprint density at radius 3 is 2.41 bits per heavy atom. The van der Waals surface area contributed by atoms with Crippen molar-refractivity contribution in [1.29, 1.82) is 0 Å². The highest BCUT2D eigenvalue weighted by Crippen LogP contribution is 2.31. The summed E-state index contributed by atoms with van der Waals surface area (Å²) >= 11 is 6.03. The van der Waals surface area contributed by atoms with Gasteiger partial charge in [-0.05, 0) is 107 Å². The first-order valence-corrected chi connectivity index (χ1v) is 14.8. The fourth-order valence-corrected chi connectivity index (χ4v) is 5.32. The lowest BCUT2D eigenvalue weighted by molar-refractivity contribution is 0.212. The van der Waals surface area contributed by atoms with Gasteiger partial charge in [-0.15, -0.1) is 0 Å². The molecule has 0 atom stereocenters. The molecule has 37 heavy (non-hydrogen) atoms. The number of nitrogens with one attached hydrogen (secondary N) is 1. The SMILES string of the molecule is CCCC.Clc1ccc(OCc2nc3c(OC4CCCC4)cccc3n2CCCC2CCNCC2)cc1. The lowest BCUT2D eigenvalue weighted by atomic mass is 9.93. The molecule has 1 saturated heterocycles. The van der Waals surface area contributed by atoms with Gasteiger partial charge in [-0.3, -0.25) is 0 Å². The van der Waals surface area contributed by atoms with Gasteiger partial charge in [0.25, 0.3) is 0 Å². The van der Waals surface area contributed by atoms with Crippen molar-refractivity contribution in [3.05, 3.63) is 53.3 Å². The van der Waals surface area contributed by atoms with E-state index < -0.39 is 0 Å². The number of para-hydroxylation sites is 1. The average molecular weight is 526 g/mol. The highest BCUT2D eigenvalue weighted by Gasteiger charge is 2.21. The Kier molecular flexibility index (Phi) is 11.0. The smallest absolute Gasteiger partial charge is 0.148 e. The number of aryl methyl sites for hydroxylation is 1. The number of halogens is 1. The number of nitrogens with zero attached hydrogens (tertiary/aromatic N) is 2. The summed E-state index contributed by atoms with van der Waals surface area (Å²) in [5, 5.41) is 4.18. The first-order chi connectivity index (χ1) is 18.2. The van der Waals surface area contributed by atoms with Gasteiger partial charge in [-0.25, -0.2) is 4.98 Å². The molecule has 6 heteroatoms. The number of piperidine rings is 1. The predicted molar refractivity (Wildman–Crippen MR) is 154 cm³/mol. The summed E-state index contributed by atoms with van der Waals surface area (Å²) in [4.78, 5) is 5.03. The van der Waals surface area contributed by atoms with Gasteiger partial charge in [0.2, 0.25) is 0 Å². The number of unbranched alkanes of at least 4 members (excludes halogenated alkanes) is 1. The van der Waals surface area contributed by atoms with Crippen molar-refractivity contribution in [2.24, 2.45) is 5.92 Å². The number of aromatic nitrogens is 2. The third kappa shape index (κ3) is 8.12. The van der Waals surface area contributed by atoms with Crippen LogP contribution in [0.5, 0.6) is 11.5 Å². The summed E-state index contributed by atoms with van der Waals surface area (Å²) in [6.45, 7) is 8.04. The Morgan fingerprint density at radius 1 is 0.973 bits per heavy atom. The molecule has 1 aliphatic carbocycles. The zero-order chi connectivity index (χ0) is 25.9. The van der Waals surface area contributed by atoms with Crippen LogP contribution in [0.2, 0.25) is 5.02 Å². The molecule has 2 aliphatic rings. The molecule has 0 spiro atoms. The maximum atomic E-state index is 6.39. The summed E-state index contributed by atoms with van der Waals surface area (Å²) in [7, 11) is 0. The summed E-state index contributed by atoms with van der Waals surface area (Å²) in [5.41, 5.74) is 2.10. The lowest BCUT2D eigenvalue weighted by Gasteiger charge is -2.22. The van der Waals surface area contributed by atoms with Gasteiger partial charge in [0, 0.05) is 11.6 Å². The Labute approximate surface area is 227 Å². The first kappa shape index (κ1) is 27.8. The van der Waals surface area contributed by atoms with E-state index in [-0.39, 0.29) is 0 Å². The van der Waals surface area contributed by atoms with Gasteiger partial charge < -0.3 is 19.4 Å². The van der Waals surface area contributed by atoms with Crippen molar-refractivity contribution in [2.75, 3.05) is 13.1 Å². The molecule has 2 aromatic carbocycles. The maximum Gasteiger partial charge on any atom is 0.148 e. The van der Waals surface area contributed by atoms with Crippen LogP contribution in [0.4, 0.5) is 0 Å². The Bertz CT molecular complexity index is 1070. The molecule has 1 aliphatic heterocycles. The van der Waals surface area contributed by atoms with Crippen LogP contribution in [0, 0.1) is 5.92 Å². The number of benzene rings is 2. The van der Waals surface area contributed by atoms with Crippen molar-refractivity contribution in [3.8, 4) is 11.5 Å². The van der Waals surface area contributed by atoms with Crippen LogP contribution in [-0.2, 0) is 13.2 Å². The van der Waals surface area contributed by atoms with Crippen LogP contribution in [0.15, 0.2) is 42.5 Å². The van der Waals surface area contributed by atoms with Gasteiger partial charge in [0.05, 0.1) is 11.6 Å². The summed E-state index contributed by atoms with van der Waals surface area (Å²) in [5.74, 6) is 3.49. The van der Waals surface area contributed by atoms with E-state index in [1.807, 2.05) is 24.3 Å². The van der Waals surface area contributed by atoms with E-state index in [0.717, 1.165) is 73.2 Å². The zero-order valence-corrected chi connectivity index (χ0v) is 23.4. The second kappa shape index (κ2) is 14.6. The summed E-state index contributed by atoms with van der Waals surface area (Å²) < 4.78 is 14.8. The quantitative estimate of drug-likeness (QED) is 0.290. The fraction of sp³-hybridized carbons (Fsp3) is 0.581. The molecule has 202 valence electrons. The van der Waals surface area contributed by atoms with Gasteiger partial charge >= 0.3 is 0 Å². The van der Waals surface area contributed by atoms with Crippen molar-refractivity contribution < 1.29 is 9.47 Å². The summed E-state index contributed by atoms with van der Waals surface area (Å²) in [6.07, 6.45) is 12.7. The highest BCUT2D eigenvalue weighted by molar-refractivity contribution is 6.30. The number of rotatable bonds is 10. The van der Waals surface area contributed by atoms with E-state index >= 15 is 0 Å². The van der Waals surface area contributed by atoms with Crippen molar-refractivity contribution >= 4 is 22.6 Å². The van der Waals surface area contributed by atoms with Crippen LogP contribution >= 0.6 is 11.6 Å². The third-order valence-corrected chi connectivity index (χ3v) is 7.80. The highest BCUT2D eigenvalue weighted by atomic mass is 35.5. The molecular weight excluding hydrogens is 482 g/mol. The van der Waals surface area contributed by atoms with E-state index in [1.54, 1.807) is 0 Å². The van der Waals surface area contributed by atoms with Crippen molar-refractivity contribution in [1.82, 2.24) is 14.9 Å². The second-order valence-electron chi connectivity index (χ2n) is 10.4. The second-order valence-corrected chi connectivity index (χ2v) is 10.8. The normalized spacial score (nSPS) is 16.5. The predicted octanol–water partition coefficient (Wildman–Crippen LogP) is 8.18. The molecule has 1 saturated carbocycles. The number of imidazole rings is 1. The Hall–Kier alpha value is -2.24. The van der Waals surface area contributed by atoms with Gasteiger partial charge in [0.1, 0.15) is 29.4 Å². The number of fused-ring (bicyclic) bond motifs is 1. The third-order valence-electron chi connectivity index (χ3n) is 7.55. The van der Waals surface area contributed by atoms with Crippen LogP contribution in [0.1, 0.15) is 83.9 Å². The molecule has 0 unspecified atom stereocenters. The molecule has 2 heterocycles. The standard InChI is InChI=1S/C27H34ClN3O2.C4H10/c28-21-10-12-22(13-11-21)32-19-26-30-27-24(8-3-9-25(27)33-23-6-1-2-7-23)31(26)18-4-5-20-14-16-29-17-15-20;1-3-4-2/h3,8-13,20,23,29H,1-2,4-7,14-19H2;3-4H2,1-2H3. The molecule has 5 nitrogen and oxygen atoms in total. The Morgan fingerprint density at radius 2 is 1.70 bits per heavy atom. The number of hydrogen-bond donors (Lipinski definition) is 1. The van der Waals surface area contributed by atoms with Gasteiger partial charge in [-0.2, -0.15) is 0 Å². The van der Waals surface area contributed by atoms with Crippen molar-refractivity contribution in [3.63, 3.8) is 0 Å². The van der Waals surface area contributed by atoms with E-state index in [2.05, 4.69) is 41.9 Å². The van der Waals surface area contributed by atoms with E-state index in [0.29, 0.717) is 17.7 Å². The monoisotopic (exact) mass is 525 g/mol. The Balaban J connectivity index is 0.000000747. The molecule has 2 fully saturated rings. The van der Waals surface area contributed by atoms with E-state index in [1.165, 1.54) is 44.9 Å². The zero-order valence-electron chi connectivity index (χ0n) is 22.7. The van der Waals surface area contributed by atoms with Gasteiger partial charge in [0.15, 0.2) is 0 Å². The van der Waals surface area contributed by atoms with Crippen LogP contribution in [0.3, 0.4) is 0 Å². The van der Waals surface area contributed by atoms with E-state index in [4.69, 9.17) is 26.1 Å². The summed E-state index contributed by atoms with van der Waals surface area (Å²) in [6, 6.07) is 13.8. The minimum atomic E-state index is 0.314. The van der Waals surface area contributed by atoms with Crippen molar-refractivity contribution in [2.45, 2.75) is 97.3 Å². The van der Waals surface area contributed by atoms with Crippen LogP contribution < -0.4 is 14.8 Å². The molecule has 5 rings (SSSR count). The lowest BCUT2D eigenvalue weighted by Crippen LogP contribution is -2.27. The molecule has 3 aromatic rings. The maximum absolute atomic E-state index is 6.39. The molecule has 1 aromatic heterocycles. The molecule has 0 bridgehead atoms. The molecule has 0 radical (unpaired) electrons. The molecular formula is C31H44ClN3O2. The minimum absolute atomic E-state index is 0.314. The number of ether oxygens (including phenoxy) is 2. The largest absolute Gasteiger partial charge is 0.488 e. The van der Waals surface area contributed by atoms with Gasteiger partial charge in [-0.1, -0.05) is 44.4 Å².